The molecule has 1 aliphatic rings. The Morgan fingerprint density at radius 2 is 1.96 bits per heavy atom. The number of benzene rings is 2. The summed E-state index contributed by atoms with van der Waals surface area (Å²) in [5, 5.41) is 7.45. The second kappa shape index (κ2) is 6.91. The van der Waals surface area contributed by atoms with Crippen LogP contribution in [0, 0.1) is 5.41 Å². The Bertz CT molecular complexity index is 757. The molecule has 1 heterocycles. The van der Waals surface area contributed by atoms with Crippen LogP contribution in [-0.2, 0) is 13.0 Å². The minimum absolute atomic E-state index is 0.573. The van der Waals surface area contributed by atoms with Gasteiger partial charge in [-0.2, -0.15) is 0 Å². The summed E-state index contributed by atoms with van der Waals surface area (Å²) < 4.78 is 0. The van der Waals surface area contributed by atoms with Gasteiger partial charge in [-0.1, -0.05) is 44.2 Å². The molecule has 0 unspecified atom stereocenters. The largest absolute Gasteiger partial charge is 0.404 e. The average molecular weight is 319 g/mol. The van der Waals surface area contributed by atoms with Gasteiger partial charge in [0.1, 0.15) is 0 Å². The predicted octanol–water partition coefficient (Wildman–Crippen LogP) is 4.32. The van der Waals surface area contributed by atoms with E-state index in [4.69, 9.17) is 11.1 Å². The van der Waals surface area contributed by atoms with Gasteiger partial charge in [0, 0.05) is 36.8 Å². The van der Waals surface area contributed by atoms with Crippen LogP contribution in [0.1, 0.15) is 42.0 Å². The van der Waals surface area contributed by atoms with E-state index >= 15 is 0 Å². The van der Waals surface area contributed by atoms with Crippen molar-refractivity contribution in [2.45, 2.75) is 32.7 Å². The Balaban J connectivity index is 1.78. The quantitative estimate of drug-likeness (QED) is 0.806. The van der Waals surface area contributed by atoms with Crippen molar-refractivity contribution in [3.63, 3.8) is 0 Å². The highest BCUT2D eigenvalue weighted by atomic mass is 15.1. The number of fused-ring (bicyclic) bond motifs is 1. The molecule has 0 atom stereocenters. The normalized spacial score (nSPS) is 14.1. The summed E-state index contributed by atoms with van der Waals surface area (Å²) in [4.78, 5) is 2.43. The molecule has 0 aliphatic carbocycles. The van der Waals surface area contributed by atoms with Gasteiger partial charge in [-0.25, -0.2) is 0 Å². The number of hydrogen-bond donors (Lipinski definition) is 2. The molecule has 0 amide bonds. The summed E-state index contributed by atoms with van der Waals surface area (Å²) in [6.45, 7) is 6.43. The Labute approximate surface area is 144 Å². The summed E-state index contributed by atoms with van der Waals surface area (Å²) in [6, 6.07) is 15.3. The van der Waals surface area contributed by atoms with Gasteiger partial charge in [-0.15, -0.1) is 0 Å². The van der Waals surface area contributed by atoms with E-state index in [1.807, 2.05) is 0 Å². The lowest BCUT2D eigenvalue weighted by molar-refractivity contribution is 0.830. The second-order valence-electron chi connectivity index (χ2n) is 6.68. The molecule has 0 bridgehead atoms. The lowest BCUT2D eigenvalue weighted by Crippen LogP contribution is -2.19. The summed E-state index contributed by atoms with van der Waals surface area (Å²) in [5.41, 5.74) is 12.8. The van der Waals surface area contributed by atoms with Crippen molar-refractivity contribution >= 4 is 17.5 Å². The van der Waals surface area contributed by atoms with E-state index in [9.17, 15) is 0 Å². The van der Waals surface area contributed by atoms with Crippen molar-refractivity contribution in [2.24, 2.45) is 5.73 Å². The number of allylic oxidation sites excluding steroid dienone is 1. The molecule has 2 aromatic carbocycles. The van der Waals surface area contributed by atoms with Crippen molar-refractivity contribution in [3.05, 3.63) is 70.9 Å². The van der Waals surface area contributed by atoms with E-state index in [2.05, 4.69) is 61.2 Å². The molecule has 3 N–H and O–H groups in total. The average Bonchev–Trinajstić information content (AvgIpc) is 2.99. The van der Waals surface area contributed by atoms with Crippen LogP contribution in [-0.4, -0.2) is 12.8 Å². The zero-order valence-electron chi connectivity index (χ0n) is 14.4. The highest BCUT2D eigenvalue weighted by molar-refractivity contribution is 6.08. The number of rotatable bonds is 5. The maximum atomic E-state index is 7.45. The number of hydrogen-bond acceptors (Lipinski definition) is 3. The van der Waals surface area contributed by atoms with Crippen molar-refractivity contribution in [1.82, 2.24) is 0 Å². The van der Waals surface area contributed by atoms with Gasteiger partial charge in [0.15, 0.2) is 0 Å². The van der Waals surface area contributed by atoms with Crippen LogP contribution in [0.2, 0.25) is 0 Å². The number of nitrogens with zero attached hydrogens (tertiary/aromatic N) is 1. The molecule has 124 valence electrons. The smallest absolute Gasteiger partial charge is 0.0429 e. The zero-order valence-corrected chi connectivity index (χ0v) is 14.4. The van der Waals surface area contributed by atoms with Crippen molar-refractivity contribution < 1.29 is 0 Å². The minimum Gasteiger partial charge on any atom is -0.404 e. The number of nitrogens with two attached hydrogens (primary N) is 1. The number of nitrogens with one attached hydrogen (secondary N) is 1. The van der Waals surface area contributed by atoms with Crippen molar-refractivity contribution in [3.8, 4) is 0 Å². The SMILES string of the molecule is CC(C)c1ccc(CN2CCc3cc(/C(C=N)=C/N)ccc32)cc1. The fourth-order valence-corrected chi connectivity index (χ4v) is 3.27. The van der Waals surface area contributed by atoms with Crippen LogP contribution in [0.5, 0.6) is 0 Å². The third-order valence-electron chi connectivity index (χ3n) is 4.76. The molecule has 0 saturated carbocycles. The summed E-state index contributed by atoms with van der Waals surface area (Å²) in [5.74, 6) is 0.573. The summed E-state index contributed by atoms with van der Waals surface area (Å²) in [7, 11) is 0. The molecular weight excluding hydrogens is 294 g/mol. The molecule has 3 nitrogen and oxygen atoms in total. The number of anilines is 1. The Hall–Kier alpha value is -2.55. The molecule has 2 aromatic rings. The van der Waals surface area contributed by atoms with Gasteiger partial charge >= 0.3 is 0 Å². The van der Waals surface area contributed by atoms with Crippen LogP contribution < -0.4 is 10.6 Å². The first-order valence-electron chi connectivity index (χ1n) is 8.52. The van der Waals surface area contributed by atoms with Gasteiger partial charge in [0.25, 0.3) is 0 Å². The first-order chi connectivity index (χ1) is 11.6. The topological polar surface area (TPSA) is 53.1 Å². The van der Waals surface area contributed by atoms with Crippen molar-refractivity contribution in [1.29, 1.82) is 5.41 Å². The zero-order chi connectivity index (χ0) is 17.1. The lowest BCUT2D eigenvalue weighted by atomic mass is 10.0. The first kappa shape index (κ1) is 16.3. The van der Waals surface area contributed by atoms with Gasteiger partial charge in [0.05, 0.1) is 0 Å². The first-order valence-corrected chi connectivity index (χ1v) is 8.52. The molecular formula is C21H25N3. The molecule has 0 saturated heterocycles. The second-order valence-corrected chi connectivity index (χ2v) is 6.68. The van der Waals surface area contributed by atoms with Crippen LogP contribution in [0.25, 0.3) is 5.57 Å². The van der Waals surface area contributed by atoms with E-state index in [1.165, 1.54) is 34.8 Å². The van der Waals surface area contributed by atoms with Crippen LogP contribution in [0.3, 0.4) is 0 Å². The molecule has 0 radical (unpaired) electrons. The lowest BCUT2D eigenvalue weighted by Gasteiger charge is -2.20. The molecule has 24 heavy (non-hydrogen) atoms. The van der Waals surface area contributed by atoms with E-state index < -0.39 is 0 Å². The Kier molecular flexibility index (Phi) is 4.70. The van der Waals surface area contributed by atoms with E-state index in [1.54, 1.807) is 0 Å². The van der Waals surface area contributed by atoms with Gasteiger partial charge in [0.2, 0.25) is 0 Å². The standard InChI is InChI=1S/C21H25N3/c1-15(2)17-5-3-16(4-6-17)14-24-10-9-19-11-18(7-8-21(19)24)20(12-22)13-23/h3-8,11-13,15,22H,9-10,14,23H2,1-2H3/b20-13+,22-12?. The van der Waals surface area contributed by atoms with Crippen LogP contribution in [0.15, 0.2) is 48.7 Å². The van der Waals surface area contributed by atoms with E-state index in [0.717, 1.165) is 30.6 Å². The summed E-state index contributed by atoms with van der Waals surface area (Å²) >= 11 is 0. The monoisotopic (exact) mass is 319 g/mol. The molecule has 0 aromatic heterocycles. The van der Waals surface area contributed by atoms with Crippen LogP contribution >= 0.6 is 0 Å². The molecule has 3 rings (SSSR count). The van der Waals surface area contributed by atoms with E-state index in [-0.39, 0.29) is 0 Å². The van der Waals surface area contributed by atoms with E-state index in [0.29, 0.717) is 5.92 Å². The maximum absolute atomic E-state index is 7.45. The highest BCUT2D eigenvalue weighted by Gasteiger charge is 2.19. The van der Waals surface area contributed by atoms with Gasteiger partial charge < -0.3 is 16.0 Å². The molecule has 3 heteroatoms. The third kappa shape index (κ3) is 3.21. The predicted molar refractivity (Wildman–Crippen MR) is 103 cm³/mol. The maximum Gasteiger partial charge on any atom is 0.0429 e. The Morgan fingerprint density at radius 1 is 1.21 bits per heavy atom. The summed E-state index contributed by atoms with van der Waals surface area (Å²) in [6.07, 6.45) is 3.85. The fraction of sp³-hybridized carbons (Fsp3) is 0.286. The molecule has 1 aliphatic heterocycles. The Morgan fingerprint density at radius 3 is 2.58 bits per heavy atom. The molecule has 0 fully saturated rings. The highest BCUT2D eigenvalue weighted by Crippen LogP contribution is 2.31. The van der Waals surface area contributed by atoms with Gasteiger partial charge in [-0.05, 0) is 46.7 Å². The van der Waals surface area contributed by atoms with Crippen molar-refractivity contribution in [2.75, 3.05) is 11.4 Å². The van der Waals surface area contributed by atoms with Gasteiger partial charge in [-0.3, -0.25) is 0 Å². The van der Waals surface area contributed by atoms with Crippen LogP contribution in [0.4, 0.5) is 5.69 Å². The fourth-order valence-electron chi connectivity index (χ4n) is 3.27. The molecule has 0 spiro atoms. The minimum atomic E-state index is 0.573. The third-order valence-corrected chi connectivity index (χ3v) is 4.76.